The van der Waals surface area contributed by atoms with Crippen molar-refractivity contribution in [3.05, 3.63) is 82.4 Å². The third kappa shape index (κ3) is 7.42. The third-order valence-electron chi connectivity index (χ3n) is 5.51. The molecule has 0 aliphatic carbocycles. The maximum absolute atomic E-state index is 10.9. The molecule has 0 spiro atoms. The summed E-state index contributed by atoms with van der Waals surface area (Å²) >= 11 is 6.20. The topological polar surface area (TPSA) is 65.0 Å². The average Bonchev–Trinajstić information content (AvgIpc) is 2.81. The lowest BCUT2D eigenvalue weighted by Gasteiger charge is -2.19. The van der Waals surface area contributed by atoms with Gasteiger partial charge in [0.05, 0.1) is 12.7 Å². The fraction of sp³-hybridized carbons (Fsp3) is 0.321. The normalized spacial score (nSPS) is 11.6. The molecule has 0 radical (unpaired) electrons. The van der Waals surface area contributed by atoms with Gasteiger partial charge in [0.1, 0.15) is 11.5 Å². The number of hydrogen-bond acceptors (Lipinski definition) is 4. The Kier molecular flexibility index (Phi) is 9.23. The molecule has 6 heteroatoms. The molecule has 1 N–H and O–H groups in total. The van der Waals surface area contributed by atoms with E-state index in [1.54, 1.807) is 12.1 Å². The van der Waals surface area contributed by atoms with Gasteiger partial charge in [-0.3, -0.25) is 4.79 Å². The lowest BCUT2D eigenvalue weighted by atomic mass is 10.0. The standard InChI is InChI=1S/C28H31ClO5/c1-4-21-17-24(12-9-22(21)10-14-28(30)31)32-16-15-20(3)33-26-13-11-23(29)18-27(26)34-25-8-6-5-7-19(25)2/h5-9,11-13,17-18,20H,4,10,14-16H2,1-3H3,(H,30,31)/t20-/m0/s1. The lowest BCUT2D eigenvalue weighted by molar-refractivity contribution is -0.136. The molecule has 0 aliphatic rings. The summed E-state index contributed by atoms with van der Waals surface area (Å²) < 4.78 is 18.2. The van der Waals surface area contributed by atoms with E-state index < -0.39 is 5.97 Å². The van der Waals surface area contributed by atoms with Crippen LogP contribution in [0.5, 0.6) is 23.0 Å². The first-order valence-corrected chi connectivity index (χ1v) is 11.9. The summed E-state index contributed by atoms with van der Waals surface area (Å²) in [7, 11) is 0. The molecular weight excluding hydrogens is 452 g/mol. The first-order valence-electron chi connectivity index (χ1n) is 11.5. The highest BCUT2D eigenvalue weighted by Gasteiger charge is 2.13. The summed E-state index contributed by atoms with van der Waals surface area (Å²) in [6.45, 7) is 6.52. The molecule has 180 valence electrons. The van der Waals surface area contributed by atoms with E-state index in [1.165, 1.54) is 0 Å². The van der Waals surface area contributed by atoms with Crippen molar-refractivity contribution < 1.29 is 24.1 Å². The first kappa shape index (κ1) is 25.4. The van der Waals surface area contributed by atoms with Gasteiger partial charge in [0.15, 0.2) is 11.5 Å². The number of rotatable bonds is 12. The Bertz CT molecular complexity index is 1110. The summed E-state index contributed by atoms with van der Waals surface area (Å²) in [5, 5.41) is 9.51. The molecule has 3 aromatic carbocycles. The van der Waals surface area contributed by atoms with Crippen LogP contribution in [0.3, 0.4) is 0 Å². The number of aliphatic carboxylic acids is 1. The van der Waals surface area contributed by atoms with Crippen molar-refractivity contribution >= 4 is 17.6 Å². The van der Waals surface area contributed by atoms with Crippen LogP contribution in [-0.4, -0.2) is 23.8 Å². The molecule has 0 bridgehead atoms. The number of benzene rings is 3. The molecule has 0 aromatic heterocycles. The van der Waals surface area contributed by atoms with Crippen molar-refractivity contribution in [1.29, 1.82) is 0 Å². The van der Waals surface area contributed by atoms with E-state index in [9.17, 15) is 4.79 Å². The van der Waals surface area contributed by atoms with Gasteiger partial charge in [-0.2, -0.15) is 0 Å². The number of aryl methyl sites for hydroxylation is 3. The van der Waals surface area contributed by atoms with Crippen LogP contribution in [0.1, 0.15) is 43.4 Å². The van der Waals surface area contributed by atoms with Crippen LogP contribution in [-0.2, 0) is 17.6 Å². The monoisotopic (exact) mass is 482 g/mol. The van der Waals surface area contributed by atoms with Crippen LogP contribution in [0.2, 0.25) is 5.02 Å². The van der Waals surface area contributed by atoms with Crippen LogP contribution >= 0.6 is 11.6 Å². The second kappa shape index (κ2) is 12.3. The van der Waals surface area contributed by atoms with Crippen molar-refractivity contribution in [2.24, 2.45) is 0 Å². The van der Waals surface area contributed by atoms with E-state index in [4.69, 9.17) is 30.9 Å². The molecule has 0 saturated heterocycles. The lowest BCUT2D eigenvalue weighted by Crippen LogP contribution is -2.16. The SMILES string of the molecule is CCc1cc(OCC[C@H](C)Oc2ccc(Cl)cc2Oc2ccccc2C)ccc1CCC(=O)O. The van der Waals surface area contributed by atoms with Gasteiger partial charge in [-0.25, -0.2) is 0 Å². The predicted molar refractivity (Wildman–Crippen MR) is 135 cm³/mol. The van der Waals surface area contributed by atoms with Gasteiger partial charge in [0.2, 0.25) is 0 Å². The largest absolute Gasteiger partial charge is 0.493 e. The van der Waals surface area contributed by atoms with Gasteiger partial charge in [-0.05, 0) is 73.7 Å². The van der Waals surface area contributed by atoms with Crippen molar-refractivity contribution in [3.8, 4) is 23.0 Å². The first-order chi connectivity index (χ1) is 16.4. The van der Waals surface area contributed by atoms with E-state index in [0.29, 0.717) is 36.0 Å². The average molecular weight is 483 g/mol. The number of hydrogen-bond donors (Lipinski definition) is 1. The molecule has 0 amide bonds. The molecular formula is C28H31ClO5. The highest BCUT2D eigenvalue weighted by atomic mass is 35.5. The second-order valence-electron chi connectivity index (χ2n) is 8.20. The molecule has 1 atom stereocenters. The Morgan fingerprint density at radius 3 is 2.53 bits per heavy atom. The molecule has 34 heavy (non-hydrogen) atoms. The maximum atomic E-state index is 10.9. The highest BCUT2D eigenvalue weighted by molar-refractivity contribution is 6.30. The molecule has 0 aliphatic heterocycles. The van der Waals surface area contributed by atoms with Crippen LogP contribution in [0, 0.1) is 6.92 Å². The van der Waals surface area contributed by atoms with Crippen LogP contribution in [0.15, 0.2) is 60.7 Å². The molecule has 3 rings (SSSR count). The Labute approximate surface area is 206 Å². The molecule has 0 fully saturated rings. The summed E-state index contributed by atoms with van der Waals surface area (Å²) in [5.74, 6) is 1.93. The predicted octanol–water partition coefficient (Wildman–Crippen LogP) is 7.26. The molecule has 0 unspecified atom stereocenters. The van der Waals surface area contributed by atoms with Gasteiger partial charge in [-0.1, -0.05) is 42.8 Å². The van der Waals surface area contributed by atoms with Gasteiger partial charge in [0.25, 0.3) is 0 Å². The molecule has 5 nitrogen and oxygen atoms in total. The Morgan fingerprint density at radius 2 is 1.79 bits per heavy atom. The number of carbonyl (C=O) groups is 1. The van der Waals surface area contributed by atoms with E-state index in [2.05, 4.69) is 6.92 Å². The Balaban J connectivity index is 1.58. The maximum Gasteiger partial charge on any atom is 0.303 e. The van der Waals surface area contributed by atoms with E-state index in [0.717, 1.165) is 34.6 Å². The van der Waals surface area contributed by atoms with Crippen LogP contribution in [0.25, 0.3) is 0 Å². The van der Waals surface area contributed by atoms with E-state index >= 15 is 0 Å². The number of ether oxygens (including phenoxy) is 3. The zero-order valence-corrected chi connectivity index (χ0v) is 20.6. The number of para-hydroxylation sites is 1. The van der Waals surface area contributed by atoms with Gasteiger partial charge < -0.3 is 19.3 Å². The minimum Gasteiger partial charge on any atom is -0.493 e. The highest BCUT2D eigenvalue weighted by Crippen LogP contribution is 2.36. The summed E-state index contributed by atoms with van der Waals surface area (Å²) in [6, 6.07) is 19.0. The van der Waals surface area contributed by atoms with E-state index in [1.807, 2.05) is 62.4 Å². The smallest absolute Gasteiger partial charge is 0.303 e. The summed E-state index contributed by atoms with van der Waals surface area (Å²) in [6.07, 6.45) is 2.04. The van der Waals surface area contributed by atoms with Crippen molar-refractivity contribution in [2.45, 2.75) is 52.6 Å². The van der Waals surface area contributed by atoms with Crippen molar-refractivity contribution in [1.82, 2.24) is 0 Å². The summed E-state index contributed by atoms with van der Waals surface area (Å²) in [5.41, 5.74) is 3.19. The minimum absolute atomic E-state index is 0.110. The van der Waals surface area contributed by atoms with Gasteiger partial charge >= 0.3 is 5.97 Å². The fourth-order valence-electron chi connectivity index (χ4n) is 3.57. The Morgan fingerprint density at radius 1 is 1.00 bits per heavy atom. The van der Waals surface area contributed by atoms with Crippen LogP contribution in [0.4, 0.5) is 0 Å². The molecule has 0 heterocycles. The fourth-order valence-corrected chi connectivity index (χ4v) is 3.74. The van der Waals surface area contributed by atoms with Crippen molar-refractivity contribution in [3.63, 3.8) is 0 Å². The summed E-state index contributed by atoms with van der Waals surface area (Å²) in [4.78, 5) is 10.9. The minimum atomic E-state index is -0.787. The van der Waals surface area contributed by atoms with Crippen LogP contribution < -0.4 is 14.2 Å². The van der Waals surface area contributed by atoms with E-state index in [-0.39, 0.29) is 12.5 Å². The van der Waals surface area contributed by atoms with Gasteiger partial charge in [-0.15, -0.1) is 0 Å². The Hall–Kier alpha value is -3.18. The molecule has 0 saturated carbocycles. The second-order valence-corrected chi connectivity index (χ2v) is 8.64. The third-order valence-corrected chi connectivity index (χ3v) is 5.74. The number of carboxylic acids is 1. The molecule has 3 aromatic rings. The van der Waals surface area contributed by atoms with Gasteiger partial charge in [0, 0.05) is 23.9 Å². The quantitative estimate of drug-likeness (QED) is 0.294. The zero-order chi connectivity index (χ0) is 24.5. The zero-order valence-electron chi connectivity index (χ0n) is 19.8. The van der Waals surface area contributed by atoms with Crippen molar-refractivity contribution in [2.75, 3.05) is 6.61 Å². The number of halogens is 1. The number of carboxylic acid groups (broad SMARTS) is 1.